The number of carbonyl (C=O) groups excluding carboxylic acids is 1. The number of anilines is 1. The van der Waals surface area contributed by atoms with Gasteiger partial charge in [0.25, 0.3) is 5.91 Å². The number of sulfonamides is 1. The van der Waals surface area contributed by atoms with Crippen molar-refractivity contribution in [1.82, 2.24) is 10.3 Å². The third-order valence-electron chi connectivity index (χ3n) is 3.63. The van der Waals surface area contributed by atoms with Crippen LogP contribution in [0.3, 0.4) is 0 Å². The Balaban J connectivity index is 1.86. The molecule has 0 saturated carbocycles. The molecule has 0 unspecified atom stereocenters. The van der Waals surface area contributed by atoms with E-state index in [2.05, 4.69) is 10.3 Å². The minimum atomic E-state index is -3.66. The van der Waals surface area contributed by atoms with E-state index in [9.17, 15) is 13.2 Å². The van der Waals surface area contributed by atoms with Gasteiger partial charge in [-0.25, -0.2) is 18.5 Å². The second kappa shape index (κ2) is 8.09. The summed E-state index contributed by atoms with van der Waals surface area (Å²) in [5.74, 6) is 0.458. The first-order chi connectivity index (χ1) is 11.8. The number of rotatable bonds is 7. The topological polar surface area (TPSA) is 105 Å². The molecule has 0 aliphatic heterocycles. The van der Waals surface area contributed by atoms with Crippen LogP contribution >= 0.6 is 0 Å². The van der Waals surface area contributed by atoms with E-state index >= 15 is 0 Å². The lowest BCUT2D eigenvalue weighted by Gasteiger charge is -2.15. The first-order valence-electron chi connectivity index (χ1n) is 7.81. The maximum absolute atomic E-state index is 12.3. The lowest BCUT2D eigenvalue weighted by Crippen LogP contribution is -2.27. The zero-order valence-corrected chi connectivity index (χ0v) is 15.1. The second-order valence-corrected chi connectivity index (χ2v) is 7.38. The van der Waals surface area contributed by atoms with Crippen molar-refractivity contribution in [2.75, 3.05) is 25.5 Å². The zero-order chi connectivity index (χ0) is 18.4. The van der Waals surface area contributed by atoms with Gasteiger partial charge in [0.15, 0.2) is 0 Å². The van der Waals surface area contributed by atoms with Crippen LogP contribution in [-0.2, 0) is 16.4 Å². The third-order valence-corrected chi connectivity index (χ3v) is 4.56. The van der Waals surface area contributed by atoms with Gasteiger partial charge in [-0.1, -0.05) is 12.1 Å². The van der Waals surface area contributed by atoms with Crippen LogP contribution in [0, 0.1) is 0 Å². The molecule has 7 nitrogen and oxygen atoms in total. The SMILES string of the molecule is CN(C)c1ncccc1C(=O)NCCCc1ccc(S(N)(=O)=O)cc1. The summed E-state index contributed by atoms with van der Waals surface area (Å²) in [5.41, 5.74) is 1.52. The van der Waals surface area contributed by atoms with Crippen LogP contribution in [0.2, 0.25) is 0 Å². The fourth-order valence-electron chi connectivity index (χ4n) is 2.37. The van der Waals surface area contributed by atoms with Gasteiger partial charge in [-0.3, -0.25) is 4.79 Å². The van der Waals surface area contributed by atoms with Crippen molar-refractivity contribution < 1.29 is 13.2 Å². The fourth-order valence-corrected chi connectivity index (χ4v) is 2.88. The van der Waals surface area contributed by atoms with Gasteiger partial charge in [0.1, 0.15) is 5.82 Å². The van der Waals surface area contributed by atoms with Gasteiger partial charge in [0.05, 0.1) is 10.5 Å². The summed E-state index contributed by atoms with van der Waals surface area (Å²) in [6.07, 6.45) is 3.11. The first-order valence-corrected chi connectivity index (χ1v) is 9.36. The zero-order valence-electron chi connectivity index (χ0n) is 14.3. The number of nitrogens with zero attached hydrogens (tertiary/aromatic N) is 2. The molecule has 25 heavy (non-hydrogen) atoms. The lowest BCUT2D eigenvalue weighted by molar-refractivity contribution is 0.0953. The largest absolute Gasteiger partial charge is 0.362 e. The standard InChI is InChI=1S/C17H22N4O3S/c1-21(2)16-15(6-4-11-19-16)17(22)20-12-3-5-13-7-9-14(10-8-13)25(18,23)24/h4,6-11H,3,5,12H2,1-2H3,(H,20,22)(H2,18,23,24). The molecule has 134 valence electrons. The Bertz CT molecular complexity index is 833. The number of carbonyl (C=O) groups is 1. The number of hydrogen-bond donors (Lipinski definition) is 2. The van der Waals surface area contributed by atoms with E-state index in [1.165, 1.54) is 12.1 Å². The molecule has 0 fully saturated rings. The molecule has 1 amide bonds. The van der Waals surface area contributed by atoms with E-state index < -0.39 is 10.0 Å². The Kier molecular flexibility index (Phi) is 6.11. The van der Waals surface area contributed by atoms with Crippen LogP contribution in [0.1, 0.15) is 22.3 Å². The van der Waals surface area contributed by atoms with E-state index in [4.69, 9.17) is 5.14 Å². The van der Waals surface area contributed by atoms with Gasteiger partial charge in [-0.05, 0) is 42.7 Å². The Morgan fingerprint density at radius 2 is 1.88 bits per heavy atom. The molecule has 0 aliphatic rings. The maximum atomic E-state index is 12.3. The average molecular weight is 362 g/mol. The number of pyridine rings is 1. The number of aryl methyl sites for hydroxylation is 1. The van der Waals surface area contributed by atoms with Crippen LogP contribution < -0.4 is 15.4 Å². The van der Waals surface area contributed by atoms with Crippen LogP contribution in [0.25, 0.3) is 0 Å². The van der Waals surface area contributed by atoms with Crippen molar-refractivity contribution in [3.05, 3.63) is 53.7 Å². The molecule has 0 saturated heterocycles. The molecule has 2 aromatic rings. The Morgan fingerprint density at radius 3 is 2.48 bits per heavy atom. The molecule has 8 heteroatoms. The molecule has 1 aromatic heterocycles. The van der Waals surface area contributed by atoms with E-state index in [0.717, 1.165) is 18.4 Å². The molecule has 1 heterocycles. The van der Waals surface area contributed by atoms with E-state index in [0.29, 0.717) is 17.9 Å². The van der Waals surface area contributed by atoms with Gasteiger partial charge in [-0.15, -0.1) is 0 Å². The highest BCUT2D eigenvalue weighted by molar-refractivity contribution is 7.89. The van der Waals surface area contributed by atoms with Gasteiger partial charge >= 0.3 is 0 Å². The molecule has 3 N–H and O–H groups in total. The number of nitrogens with one attached hydrogen (secondary N) is 1. The summed E-state index contributed by atoms with van der Waals surface area (Å²) in [6.45, 7) is 0.511. The van der Waals surface area contributed by atoms with Crippen LogP contribution in [0.15, 0.2) is 47.5 Å². The summed E-state index contributed by atoms with van der Waals surface area (Å²) >= 11 is 0. The Hall–Kier alpha value is -2.45. The molecular weight excluding hydrogens is 340 g/mol. The number of amides is 1. The quantitative estimate of drug-likeness (QED) is 0.719. The number of hydrogen-bond acceptors (Lipinski definition) is 5. The highest BCUT2D eigenvalue weighted by Crippen LogP contribution is 2.14. The van der Waals surface area contributed by atoms with E-state index in [-0.39, 0.29) is 10.8 Å². The first kappa shape index (κ1) is 18.9. The minimum absolute atomic E-state index is 0.0948. The molecule has 2 rings (SSSR count). The normalized spacial score (nSPS) is 11.2. The van der Waals surface area contributed by atoms with Crippen LogP contribution in [0.5, 0.6) is 0 Å². The third kappa shape index (κ3) is 5.27. The summed E-state index contributed by atoms with van der Waals surface area (Å²) in [7, 11) is 0.0105. The lowest BCUT2D eigenvalue weighted by atomic mass is 10.1. The molecule has 0 radical (unpaired) electrons. The van der Waals surface area contributed by atoms with Crippen molar-refractivity contribution in [3.8, 4) is 0 Å². The number of nitrogens with two attached hydrogens (primary N) is 1. The second-order valence-electron chi connectivity index (χ2n) is 5.82. The minimum Gasteiger partial charge on any atom is -0.362 e. The van der Waals surface area contributed by atoms with Gasteiger partial charge < -0.3 is 10.2 Å². The van der Waals surface area contributed by atoms with Crippen molar-refractivity contribution >= 4 is 21.7 Å². The fraction of sp³-hybridized carbons (Fsp3) is 0.294. The highest BCUT2D eigenvalue weighted by Gasteiger charge is 2.13. The molecule has 1 aromatic carbocycles. The molecule has 0 aliphatic carbocycles. The molecule has 0 bridgehead atoms. The van der Waals surface area contributed by atoms with Crippen LogP contribution in [-0.4, -0.2) is 39.9 Å². The summed E-state index contributed by atoms with van der Waals surface area (Å²) in [6, 6.07) is 9.91. The molecule has 0 atom stereocenters. The van der Waals surface area contributed by atoms with Crippen LogP contribution in [0.4, 0.5) is 5.82 Å². The summed E-state index contributed by atoms with van der Waals surface area (Å²) < 4.78 is 22.4. The van der Waals surface area contributed by atoms with E-state index in [1.54, 1.807) is 35.4 Å². The molecular formula is C17H22N4O3S. The maximum Gasteiger partial charge on any atom is 0.255 e. The average Bonchev–Trinajstić information content (AvgIpc) is 2.58. The molecule has 0 spiro atoms. The smallest absolute Gasteiger partial charge is 0.255 e. The van der Waals surface area contributed by atoms with Gasteiger partial charge in [0, 0.05) is 26.8 Å². The van der Waals surface area contributed by atoms with Crippen molar-refractivity contribution in [2.45, 2.75) is 17.7 Å². The van der Waals surface area contributed by atoms with Gasteiger partial charge in [-0.2, -0.15) is 0 Å². The summed E-state index contributed by atoms with van der Waals surface area (Å²) in [5, 5.41) is 7.95. The summed E-state index contributed by atoms with van der Waals surface area (Å²) in [4.78, 5) is 18.4. The Labute approximate surface area is 147 Å². The predicted molar refractivity (Wildman–Crippen MR) is 97.0 cm³/mol. The van der Waals surface area contributed by atoms with Crippen molar-refractivity contribution in [1.29, 1.82) is 0 Å². The van der Waals surface area contributed by atoms with Crippen molar-refractivity contribution in [2.24, 2.45) is 5.14 Å². The van der Waals surface area contributed by atoms with Gasteiger partial charge in [0.2, 0.25) is 10.0 Å². The highest BCUT2D eigenvalue weighted by atomic mass is 32.2. The van der Waals surface area contributed by atoms with E-state index in [1.807, 2.05) is 14.1 Å². The Morgan fingerprint density at radius 1 is 1.20 bits per heavy atom. The monoisotopic (exact) mass is 362 g/mol. The number of aromatic nitrogens is 1. The number of primary sulfonamides is 1. The predicted octanol–water partition coefficient (Wildman–Crippen LogP) is 1.16. The number of benzene rings is 1. The van der Waals surface area contributed by atoms with Crippen molar-refractivity contribution in [3.63, 3.8) is 0 Å².